The SMILES string of the molecule is COc1ccc(C=NNC(=O)Cc2ccc(Cl)cc2)c(OC)c1. The Morgan fingerprint density at radius 1 is 1.17 bits per heavy atom. The fourth-order valence-corrected chi connectivity index (χ4v) is 2.05. The van der Waals surface area contributed by atoms with Gasteiger partial charge >= 0.3 is 0 Å². The van der Waals surface area contributed by atoms with Crippen LogP contribution in [0.25, 0.3) is 0 Å². The predicted molar refractivity (Wildman–Crippen MR) is 90.4 cm³/mol. The van der Waals surface area contributed by atoms with E-state index in [2.05, 4.69) is 10.5 Å². The van der Waals surface area contributed by atoms with Crippen LogP contribution < -0.4 is 14.9 Å². The number of methoxy groups -OCH3 is 2. The number of benzene rings is 2. The highest BCUT2D eigenvalue weighted by molar-refractivity contribution is 6.30. The predicted octanol–water partition coefficient (Wildman–Crippen LogP) is 3.05. The number of carbonyl (C=O) groups excluding carboxylic acids is 1. The summed E-state index contributed by atoms with van der Waals surface area (Å²) in [5, 5.41) is 4.59. The number of rotatable bonds is 6. The van der Waals surface area contributed by atoms with Gasteiger partial charge in [-0.3, -0.25) is 4.79 Å². The van der Waals surface area contributed by atoms with Crippen LogP contribution in [-0.2, 0) is 11.2 Å². The van der Waals surface area contributed by atoms with Gasteiger partial charge in [0.25, 0.3) is 0 Å². The number of hydrogen-bond acceptors (Lipinski definition) is 4. The van der Waals surface area contributed by atoms with Crippen molar-refractivity contribution in [3.63, 3.8) is 0 Å². The Hall–Kier alpha value is -2.53. The second kappa shape index (κ2) is 8.19. The normalized spacial score (nSPS) is 10.6. The maximum atomic E-state index is 11.8. The van der Waals surface area contributed by atoms with Gasteiger partial charge in [0, 0.05) is 16.7 Å². The third-order valence-electron chi connectivity index (χ3n) is 3.11. The van der Waals surface area contributed by atoms with E-state index in [1.165, 1.54) is 6.21 Å². The van der Waals surface area contributed by atoms with E-state index in [1.54, 1.807) is 56.7 Å². The highest BCUT2D eigenvalue weighted by Crippen LogP contribution is 2.22. The Balaban J connectivity index is 1.95. The summed E-state index contributed by atoms with van der Waals surface area (Å²) in [6.07, 6.45) is 1.76. The van der Waals surface area contributed by atoms with Crippen LogP contribution in [0.5, 0.6) is 11.5 Å². The van der Waals surface area contributed by atoms with Crippen LogP contribution in [-0.4, -0.2) is 26.3 Å². The molecule has 0 spiro atoms. The minimum absolute atomic E-state index is 0.212. The third kappa shape index (κ3) is 5.00. The Morgan fingerprint density at radius 3 is 2.57 bits per heavy atom. The number of halogens is 1. The van der Waals surface area contributed by atoms with Crippen molar-refractivity contribution in [3.8, 4) is 11.5 Å². The zero-order chi connectivity index (χ0) is 16.7. The minimum atomic E-state index is -0.212. The summed E-state index contributed by atoms with van der Waals surface area (Å²) in [6, 6.07) is 12.4. The van der Waals surface area contributed by atoms with E-state index >= 15 is 0 Å². The first-order chi connectivity index (χ1) is 11.1. The maximum absolute atomic E-state index is 11.8. The van der Waals surface area contributed by atoms with Crippen LogP contribution in [0.1, 0.15) is 11.1 Å². The molecule has 0 saturated carbocycles. The summed E-state index contributed by atoms with van der Waals surface area (Å²) in [4.78, 5) is 11.8. The lowest BCUT2D eigenvalue weighted by Gasteiger charge is -2.07. The number of carbonyl (C=O) groups is 1. The zero-order valence-electron chi connectivity index (χ0n) is 12.9. The van der Waals surface area contributed by atoms with Gasteiger partial charge in [-0.25, -0.2) is 5.43 Å². The van der Waals surface area contributed by atoms with E-state index in [-0.39, 0.29) is 12.3 Å². The molecule has 1 amide bonds. The standard InChI is InChI=1S/C17H17ClN2O3/c1-22-15-8-5-13(16(10-15)23-2)11-19-20-17(21)9-12-3-6-14(18)7-4-12/h3-8,10-11H,9H2,1-2H3,(H,20,21). The van der Waals surface area contributed by atoms with Crippen molar-refractivity contribution < 1.29 is 14.3 Å². The molecule has 0 aliphatic rings. The first-order valence-corrected chi connectivity index (χ1v) is 7.28. The average Bonchev–Trinajstić information content (AvgIpc) is 2.57. The van der Waals surface area contributed by atoms with Gasteiger partial charge in [-0.1, -0.05) is 23.7 Å². The van der Waals surface area contributed by atoms with Crippen LogP contribution in [0.4, 0.5) is 0 Å². The van der Waals surface area contributed by atoms with E-state index in [0.717, 1.165) is 11.1 Å². The van der Waals surface area contributed by atoms with Gasteiger partial charge in [0.15, 0.2) is 0 Å². The minimum Gasteiger partial charge on any atom is -0.497 e. The molecule has 0 heterocycles. The van der Waals surface area contributed by atoms with Crippen LogP contribution >= 0.6 is 11.6 Å². The molecule has 0 radical (unpaired) electrons. The van der Waals surface area contributed by atoms with Crippen molar-refractivity contribution in [3.05, 3.63) is 58.6 Å². The van der Waals surface area contributed by atoms with Gasteiger partial charge in [0.05, 0.1) is 26.9 Å². The summed E-state index contributed by atoms with van der Waals surface area (Å²) < 4.78 is 10.4. The highest BCUT2D eigenvalue weighted by atomic mass is 35.5. The van der Waals surface area contributed by atoms with E-state index in [4.69, 9.17) is 21.1 Å². The molecule has 5 nitrogen and oxygen atoms in total. The number of hydrazone groups is 1. The van der Waals surface area contributed by atoms with Crippen molar-refractivity contribution >= 4 is 23.7 Å². The van der Waals surface area contributed by atoms with Crippen molar-refractivity contribution in [1.82, 2.24) is 5.43 Å². The molecule has 0 unspecified atom stereocenters. The first kappa shape index (κ1) is 16.8. The molecular weight excluding hydrogens is 316 g/mol. The van der Waals surface area contributed by atoms with Gasteiger partial charge in [-0.2, -0.15) is 5.10 Å². The fourth-order valence-electron chi connectivity index (χ4n) is 1.93. The van der Waals surface area contributed by atoms with Crippen LogP contribution in [0.2, 0.25) is 5.02 Å². The molecule has 0 atom stereocenters. The maximum Gasteiger partial charge on any atom is 0.244 e. The van der Waals surface area contributed by atoms with Crippen molar-refractivity contribution in [2.24, 2.45) is 5.10 Å². The molecule has 120 valence electrons. The summed E-state index contributed by atoms with van der Waals surface area (Å²) in [5.74, 6) is 1.09. The summed E-state index contributed by atoms with van der Waals surface area (Å²) in [6.45, 7) is 0. The molecule has 0 aromatic heterocycles. The largest absolute Gasteiger partial charge is 0.497 e. The lowest BCUT2D eigenvalue weighted by molar-refractivity contribution is -0.120. The average molecular weight is 333 g/mol. The summed E-state index contributed by atoms with van der Waals surface area (Å²) in [7, 11) is 3.14. The van der Waals surface area contributed by atoms with E-state index in [0.29, 0.717) is 16.5 Å². The van der Waals surface area contributed by atoms with Gasteiger partial charge in [0.1, 0.15) is 11.5 Å². The molecule has 2 aromatic rings. The van der Waals surface area contributed by atoms with Gasteiger partial charge in [-0.15, -0.1) is 0 Å². The quantitative estimate of drug-likeness (QED) is 0.653. The number of nitrogens with one attached hydrogen (secondary N) is 1. The second-order valence-electron chi connectivity index (χ2n) is 4.70. The molecule has 1 N–H and O–H groups in total. The molecular formula is C17H17ClN2O3. The van der Waals surface area contributed by atoms with E-state index in [9.17, 15) is 4.79 Å². The number of amides is 1. The van der Waals surface area contributed by atoms with Gasteiger partial charge < -0.3 is 9.47 Å². The topological polar surface area (TPSA) is 59.9 Å². The van der Waals surface area contributed by atoms with Crippen LogP contribution in [0, 0.1) is 0 Å². The van der Waals surface area contributed by atoms with Crippen LogP contribution in [0.15, 0.2) is 47.6 Å². The molecule has 6 heteroatoms. The lowest BCUT2D eigenvalue weighted by Crippen LogP contribution is -2.19. The summed E-state index contributed by atoms with van der Waals surface area (Å²) in [5.41, 5.74) is 4.09. The number of nitrogens with zero attached hydrogens (tertiary/aromatic N) is 1. The molecule has 0 fully saturated rings. The van der Waals surface area contributed by atoms with Gasteiger partial charge in [-0.05, 0) is 29.8 Å². The Morgan fingerprint density at radius 2 is 1.91 bits per heavy atom. The highest BCUT2D eigenvalue weighted by Gasteiger charge is 2.04. The number of hydrogen-bond donors (Lipinski definition) is 1. The Bertz CT molecular complexity index is 699. The first-order valence-electron chi connectivity index (χ1n) is 6.90. The fraction of sp³-hybridized carbons (Fsp3) is 0.176. The molecule has 0 aliphatic carbocycles. The monoisotopic (exact) mass is 332 g/mol. The van der Waals surface area contributed by atoms with Crippen molar-refractivity contribution in [2.45, 2.75) is 6.42 Å². The number of ether oxygens (including phenoxy) is 2. The molecule has 0 aliphatic heterocycles. The van der Waals surface area contributed by atoms with E-state index < -0.39 is 0 Å². The second-order valence-corrected chi connectivity index (χ2v) is 5.14. The Labute approximate surface area is 139 Å². The summed E-state index contributed by atoms with van der Waals surface area (Å²) >= 11 is 5.80. The Kier molecular flexibility index (Phi) is 6.00. The zero-order valence-corrected chi connectivity index (χ0v) is 13.6. The molecule has 2 aromatic carbocycles. The molecule has 0 saturated heterocycles. The van der Waals surface area contributed by atoms with Crippen LogP contribution in [0.3, 0.4) is 0 Å². The molecule has 0 bridgehead atoms. The van der Waals surface area contributed by atoms with Crippen molar-refractivity contribution in [1.29, 1.82) is 0 Å². The van der Waals surface area contributed by atoms with Gasteiger partial charge in [0.2, 0.25) is 5.91 Å². The lowest BCUT2D eigenvalue weighted by atomic mass is 10.1. The third-order valence-corrected chi connectivity index (χ3v) is 3.36. The van der Waals surface area contributed by atoms with E-state index in [1.807, 2.05) is 0 Å². The van der Waals surface area contributed by atoms with Crippen molar-refractivity contribution in [2.75, 3.05) is 14.2 Å². The molecule has 23 heavy (non-hydrogen) atoms. The smallest absolute Gasteiger partial charge is 0.244 e. The molecule has 2 rings (SSSR count).